The summed E-state index contributed by atoms with van der Waals surface area (Å²) < 4.78 is 5.46. The van der Waals surface area contributed by atoms with E-state index in [4.69, 9.17) is 4.74 Å². The molecule has 3 heterocycles. The van der Waals surface area contributed by atoms with E-state index in [0.717, 1.165) is 33.3 Å². The predicted octanol–water partition coefficient (Wildman–Crippen LogP) is 3.60. The van der Waals surface area contributed by atoms with Gasteiger partial charge in [0, 0.05) is 23.0 Å². The van der Waals surface area contributed by atoms with Gasteiger partial charge in [0.25, 0.3) is 0 Å². The molecular weight excluding hydrogens is 454 g/mol. The van der Waals surface area contributed by atoms with Crippen molar-refractivity contribution in [2.24, 2.45) is 0 Å². The average Bonchev–Trinajstić information content (AvgIpc) is 3.29. The molecule has 182 valence electrons. The smallest absolute Gasteiger partial charge is 0.246 e. The van der Waals surface area contributed by atoms with E-state index < -0.39 is 18.2 Å². The minimum atomic E-state index is -0.865. The van der Waals surface area contributed by atoms with Gasteiger partial charge < -0.3 is 24.6 Å². The Labute approximate surface area is 208 Å². The lowest BCUT2D eigenvalue weighted by Gasteiger charge is -2.47. The molecule has 4 aromatic rings. The Morgan fingerprint density at radius 3 is 2.61 bits per heavy atom. The highest BCUT2D eigenvalue weighted by atomic mass is 16.5. The van der Waals surface area contributed by atoms with Gasteiger partial charge >= 0.3 is 0 Å². The second kappa shape index (κ2) is 8.84. The van der Waals surface area contributed by atoms with E-state index in [9.17, 15) is 14.7 Å². The maximum absolute atomic E-state index is 13.8. The molecule has 0 saturated carbocycles. The lowest BCUT2D eigenvalue weighted by Crippen LogP contribution is -2.63. The van der Waals surface area contributed by atoms with Gasteiger partial charge in [-0.1, -0.05) is 60.7 Å². The molecule has 7 nitrogen and oxygen atoms in total. The van der Waals surface area contributed by atoms with Crippen molar-refractivity contribution in [1.82, 2.24) is 14.8 Å². The number of nitrogens with zero attached hydrogens (tertiary/aromatic N) is 2. The number of fused-ring (bicyclic) bond motifs is 4. The first-order valence-corrected chi connectivity index (χ1v) is 12.1. The summed E-state index contributed by atoms with van der Waals surface area (Å²) in [5.74, 6) is 0.404. The van der Waals surface area contributed by atoms with Crippen LogP contribution in [0.4, 0.5) is 0 Å². The second-order valence-electron chi connectivity index (χ2n) is 9.41. The molecule has 3 aromatic carbocycles. The first kappa shape index (κ1) is 22.4. The molecule has 3 atom stereocenters. The minimum absolute atomic E-state index is 0.0729. The predicted molar refractivity (Wildman–Crippen MR) is 135 cm³/mol. The first-order valence-electron chi connectivity index (χ1n) is 12.1. The van der Waals surface area contributed by atoms with E-state index >= 15 is 0 Å². The van der Waals surface area contributed by atoms with Crippen molar-refractivity contribution in [1.29, 1.82) is 0 Å². The molecule has 2 aliphatic heterocycles. The number of amides is 2. The van der Waals surface area contributed by atoms with Crippen LogP contribution < -0.4 is 4.74 Å². The van der Waals surface area contributed by atoms with Crippen molar-refractivity contribution < 1.29 is 19.4 Å². The van der Waals surface area contributed by atoms with E-state index in [1.807, 2.05) is 72.8 Å². The number of aromatic nitrogens is 1. The number of carbonyl (C=O) groups is 2. The normalized spacial score (nSPS) is 20.3. The van der Waals surface area contributed by atoms with Crippen molar-refractivity contribution >= 4 is 22.7 Å². The highest BCUT2D eigenvalue weighted by Crippen LogP contribution is 2.43. The summed E-state index contributed by atoms with van der Waals surface area (Å²) in [4.78, 5) is 34.3. The number of H-pyrrole nitrogens is 1. The van der Waals surface area contributed by atoms with Gasteiger partial charge in [-0.15, -0.1) is 0 Å². The van der Waals surface area contributed by atoms with Crippen LogP contribution in [0.3, 0.4) is 0 Å². The molecule has 7 heteroatoms. The van der Waals surface area contributed by atoms with Crippen LogP contribution in [0, 0.1) is 0 Å². The number of hydrogen-bond acceptors (Lipinski definition) is 4. The lowest BCUT2D eigenvalue weighted by molar-refractivity contribution is -0.159. The Kier molecular flexibility index (Phi) is 5.49. The van der Waals surface area contributed by atoms with Crippen molar-refractivity contribution in [2.45, 2.75) is 24.6 Å². The van der Waals surface area contributed by atoms with Crippen LogP contribution in [-0.2, 0) is 16.0 Å². The third kappa shape index (κ3) is 3.63. The van der Waals surface area contributed by atoms with Gasteiger partial charge in [0.2, 0.25) is 11.8 Å². The van der Waals surface area contributed by atoms with Gasteiger partial charge in [-0.05, 0) is 34.9 Å². The van der Waals surface area contributed by atoms with Crippen molar-refractivity contribution in [2.75, 3.05) is 20.2 Å². The molecule has 2 amide bonds. The topological polar surface area (TPSA) is 85.9 Å². The number of β-amino-alcohol motifs (C(OH)–C–C–N with tert-alkyl or cyclic N) is 1. The molecule has 36 heavy (non-hydrogen) atoms. The van der Waals surface area contributed by atoms with Gasteiger partial charge in [0.15, 0.2) is 0 Å². The fourth-order valence-corrected chi connectivity index (χ4v) is 5.63. The Balaban J connectivity index is 1.42. The van der Waals surface area contributed by atoms with E-state index in [1.54, 1.807) is 12.0 Å². The van der Waals surface area contributed by atoms with Gasteiger partial charge in [-0.2, -0.15) is 0 Å². The largest absolute Gasteiger partial charge is 0.497 e. The maximum Gasteiger partial charge on any atom is 0.246 e. The summed E-state index contributed by atoms with van der Waals surface area (Å²) >= 11 is 0. The zero-order valence-electron chi connectivity index (χ0n) is 19.9. The number of benzene rings is 3. The number of nitrogens with one attached hydrogen (secondary N) is 1. The SMILES string of the molecule is COc1cccc(C2c3[nH]c4ccccc4c3C[C@H]3C(=O)N(CC(O)c4ccccc4)CC(=O)N23)c1. The lowest BCUT2D eigenvalue weighted by atomic mass is 9.86. The number of aliphatic hydroxyl groups is 1. The second-order valence-corrected chi connectivity index (χ2v) is 9.41. The van der Waals surface area contributed by atoms with Crippen LogP contribution >= 0.6 is 0 Å². The summed E-state index contributed by atoms with van der Waals surface area (Å²) in [6.45, 7) is -0.00124. The summed E-state index contributed by atoms with van der Waals surface area (Å²) in [5, 5.41) is 11.8. The maximum atomic E-state index is 13.8. The third-order valence-corrected chi connectivity index (χ3v) is 7.33. The Bertz CT molecular complexity index is 1450. The molecule has 0 spiro atoms. The number of piperazine rings is 1. The molecule has 6 rings (SSSR count). The van der Waals surface area contributed by atoms with Crippen LogP contribution in [0.25, 0.3) is 10.9 Å². The third-order valence-electron chi connectivity index (χ3n) is 7.33. The van der Waals surface area contributed by atoms with Crippen LogP contribution in [-0.4, -0.2) is 57.9 Å². The number of aromatic amines is 1. The quantitative estimate of drug-likeness (QED) is 0.456. The summed E-state index contributed by atoms with van der Waals surface area (Å²) in [7, 11) is 1.61. The van der Waals surface area contributed by atoms with Gasteiger partial charge in [-0.3, -0.25) is 9.59 Å². The zero-order valence-corrected chi connectivity index (χ0v) is 19.9. The zero-order chi connectivity index (χ0) is 24.8. The summed E-state index contributed by atoms with van der Waals surface area (Å²) in [5.41, 5.74) is 4.56. The Morgan fingerprint density at radius 1 is 1.03 bits per heavy atom. The standard InChI is InChI=1S/C29H27N3O4/c1-36-20-11-7-10-19(14-20)28-27-22(21-12-5-6-13-23(21)30-27)15-24-29(35)31(17-26(34)32(24)28)16-25(33)18-8-3-2-4-9-18/h2-14,24-25,28,30,33H,15-17H2,1H3/t24-,25?,28?/m0/s1. The van der Waals surface area contributed by atoms with Gasteiger partial charge in [0.1, 0.15) is 11.8 Å². The number of para-hydroxylation sites is 1. The molecule has 2 N–H and O–H groups in total. The molecule has 1 saturated heterocycles. The van der Waals surface area contributed by atoms with E-state index in [1.165, 1.54) is 4.90 Å². The number of rotatable bonds is 5. The Morgan fingerprint density at radius 2 is 1.81 bits per heavy atom. The van der Waals surface area contributed by atoms with E-state index in [0.29, 0.717) is 12.2 Å². The van der Waals surface area contributed by atoms with Crippen molar-refractivity contribution in [3.8, 4) is 5.75 Å². The minimum Gasteiger partial charge on any atom is -0.497 e. The number of hydrogen-bond donors (Lipinski definition) is 2. The molecule has 2 aliphatic rings. The van der Waals surface area contributed by atoms with Gasteiger partial charge in [-0.25, -0.2) is 0 Å². The summed E-state index contributed by atoms with van der Waals surface area (Å²) in [6, 6.07) is 23.8. The van der Waals surface area contributed by atoms with E-state index in [2.05, 4.69) is 11.1 Å². The summed E-state index contributed by atoms with van der Waals surface area (Å²) in [6.07, 6.45) is -0.446. The van der Waals surface area contributed by atoms with E-state index in [-0.39, 0.29) is 24.9 Å². The highest BCUT2D eigenvalue weighted by Gasteiger charge is 2.48. The molecule has 1 fully saturated rings. The van der Waals surface area contributed by atoms with Crippen LogP contribution in [0.2, 0.25) is 0 Å². The highest BCUT2D eigenvalue weighted by molar-refractivity contribution is 5.97. The fraction of sp³-hybridized carbons (Fsp3) is 0.241. The van der Waals surface area contributed by atoms with Crippen molar-refractivity contribution in [3.63, 3.8) is 0 Å². The van der Waals surface area contributed by atoms with Crippen molar-refractivity contribution in [3.05, 3.63) is 101 Å². The first-order chi connectivity index (χ1) is 17.5. The monoisotopic (exact) mass is 481 g/mol. The van der Waals surface area contributed by atoms with Crippen LogP contribution in [0.5, 0.6) is 5.75 Å². The van der Waals surface area contributed by atoms with Crippen LogP contribution in [0.1, 0.15) is 34.5 Å². The molecule has 0 aliphatic carbocycles. The Hall–Kier alpha value is -4.10. The van der Waals surface area contributed by atoms with Gasteiger partial charge in [0.05, 0.1) is 32.3 Å². The molecular formula is C29H27N3O4. The van der Waals surface area contributed by atoms with Crippen LogP contribution in [0.15, 0.2) is 78.9 Å². The number of carbonyl (C=O) groups excluding carboxylic acids is 2. The molecule has 1 aromatic heterocycles. The average molecular weight is 482 g/mol. The molecule has 2 unspecified atom stereocenters. The number of ether oxygens (including phenoxy) is 1. The number of aliphatic hydroxyl groups excluding tert-OH is 1. The fourth-order valence-electron chi connectivity index (χ4n) is 5.63. The number of methoxy groups -OCH3 is 1. The molecule has 0 bridgehead atoms. The molecule has 0 radical (unpaired) electrons.